The number of nitrogens with zero attached hydrogens (tertiary/aromatic N) is 2. The quantitative estimate of drug-likeness (QED) is 0.676. The van der Waals surface area contributed by atoms with Crippen LogP contribution in [-0.4, -0.2) is 21.8 Å². The zero-order valence-electron chi connectivity index (χ0n) is 15.6. The van der Waals surface area contributed by atoms with Gasteiger partial charge in [0.05, 0.1) is 12.7 Å². The molecule has 5 nitrogen and oxygen atoms in total. The van der Waals surface area contributed by atoms with Gasteiger partial charge in [-0.25, -0.2) is 4.68 Å². The number of anilines is 1. The summed E-state index contributed by atoms with van der Waals surface area (Å²) in [6, 6.07) is 15.1. The third-order valence-electron chi connectivity index (χ3n) is 4.44. The molecule has 0 radical (unpaired) electrons. The number of ether oxygens (including phenoxy) is 1. The molecule has 1 N–H and O–H groups in total. The first-order chi connectivity index (χ1) is 12.9. The third kappa shape index (κ3) is 4.68. The molecule has 0 aliphatic rings. The molecule has 0 saturated heterocycles. The third-order valence-corrected chi connectivity index (χ3v) is 4.69. The number of hydrogen-bond acceptors (Lipinski definition) is 3. The van der Waals surface area contributed by atoms with Crippen LogP contribution in [0.15, 0.2) is 54.7 Å². The van der Waals surface area contributed by atoms with Crippen molar-refractivity contribution in [3.8, 4) is 5.75 Å². The van der Waals surface area contributed by atoms with Crippen molar-refractivity contribution >= 4 is 23.3 Å². The minimum absolute atomic E-state index is 0.228. The Morgan fingerprint density at radius 2 is 1.93 bits per heavy atom. The lowest BCUT2D eigenvalue weighted by Crippen LogP contribution is -2.31. The average Bonchev–Trinajstić information content (AvgIpc) is 3.07. The summed E-state index contributed by atoms with van der Waals surface area (Å²) in [5.41, 5.74) is 3.20. The largest absolute Gasteiger partial charge is 0.481 e. The number of nitrogens with one attached hydrogen (secondary N) is 1. The van der Waals surface area contributed by atoms with Crippen molar-refractivity contribution in [1.82, 2.24) is 9.78 Å². The zero-order chi connectivity index (χ0) is 19.4. The molecule has 6 heteroatoms. The molecule has 3 rings (SSSR count). The first kappa shape index (κ1) is 19.0. The van der Waals surface area contributed by atoms with Crippen molar-refractivity contribution in [2.75, 3.05) is 5.32 Å². The zero-order valence-corrected chi connectivity index (χ0v) is 16.3. The first-order valence-electron chi connectivity index (χ1n) is 8.74. The van der Waals surface area contributed by atoms with Gasteiger partial charge in [0.25, 0.3) is 5.91 Å². The molecule has 0 spiro atoms. The summed E-state index contributed by atoms with van der Waals surface area (Å²) < 4.78 is 7.58. The average molecular weight is 384 g/mol. The van der Waals surface area contributed by atoms with Crippen LogP contribution in [-0.2, 0) is 11.3 Å². The molecular weight excluding hydrogens is 362 g/mol. The number of carbonyl (C=O) groups is 1. The maximum atomic E-state index is 12.6. The van der Waals surface area contributed by atoms with Crippen LogP contribution in [0.25, 0.3) is 0 Å². The van der Waals surface area contributed by atoms with E-state index in [0.29, 0.717) is 23.1 Å². The Morgan fingerprint density at radius 3 is 2.67 bits per heavy atom. The van der Waals surface area contributed by atoms with Crippen LogP contribution < -0.4 is 10.1 Å². The standard InChI is InChI=1S/C21H22ClN3O2/c1-14-5-4-6-19(15(14)2)27-16(3)21(26)24-20-11-12-23-25(20)13-17-7-9-18(22)10-8-17/h4-12,16H,13H2,1-3H3,(H,24,26). The van der Waals surface area contributed by atoms with Crippen LogP contribution in [0.5, 0.6) is 5.75 Å². The fourth-order valence-electron chi connectivity index (χ4n) is 2.65. The highest BCUT2D eigenvalue weighted by molar-refractivity contribution is 6.30. The molecule has 27 heavy (non-hydrogen) atoms. The van der Waals surface area contributed by atoms with E-state index in [-0.39, 0.29) is 5.91 Å². The molecule has 3 aromatic rings. The van der Waals surface area contributed by atoms with Crippen LogP contribution >= 0.6 is 11.6 Å². The molecule has 0 aliphatic heterocycles. The van der Waals surface area contributed by atoms with E-state index < -0.39 is 6.10 Å². The maximum Gasteiger partial charge on any atom is 0.266 e. The Hall–Kier alpha value is -2.79. The Bertz CT molecular complexity index is 935. The Morgan fingerprint density at radius 1 is 1.19 bits per heavy atom. The normalized spacial score (nSPS) is 11.9. The summed E-state index contributed by atoms with van der Waals surface area (Å²) in [7, 11) is 0. The second kappa shape index (κ2) is 8.27. The van der Waals surface area contributed by atoms with E-state index in [1.165, 1.54) is 0 Å². The molecule has 0 bridgehead atoms. The molecule has 0 fully saturated rings. The summed E-state index contributed by atoms with van der Waals surface area (Å²) in [5.74, 6) is 1.10. The van der Waals surface area contributed by atoms with E-state index in [1.54, 1.807) is 23.9 Å². The van der Waals surface area contributed by atoms with Gasteiger partial charge in [0.1, 0.15) is 11.6 Å². The molecule has 140 valence electrons. The first-order valence-corrected chi connectivity index (χ1v) is 9.12. The van der Waals surface area contributed by atoms with Gasteiger partial charge in [-0.05, 0) is 55.7 Å². The summed E-state index contributed by atoms with van der Waals surface area (Å²) in [5, 5.41) is 7.86. The van der Waals surface area contributed by atoms with Crippen molar-refractivity contribution in [3.63, 3.8) is 0 Å². The fraction of sp³-hybridized carbons (Fsp3) is 0.238. The number of aromatic nitrogens is 2. The summed E-state index contributed by atoms with van der Waals surface area (Å²) >= 11 is 5.92. The Balaban J connectivity index is 1.66. The number of amides is 1. The monoisotopic (exact) mass is 383 g/mol. The molecule has 1 heterocycles. The van der Waals surface area contributed by atoms with Crippen molar-refractivity contribution in [1.29, 1.82) is 0 Å². The van der Waals surface area contributed by atoms with E-state index in [2.05, 4.69) is 10.4 Å². The van der Waals surface area contributed by atoms with Gasteiger partial charge in [-0.2, -0.15) is 5.10 Å². The Labute approximate surface area is 163 Å². The van der Waals surface area contributed by atoms with Gasteiger partial charge in [0, 0.05) is 11.1 Å². The lowest BCUT2D eigenvalue weighted by atomic mass is 10.1. The minimum atomic E-state index is -0.635. The molecule has 1 atom stereocenters. The van der Waals surface area contributed by atoms with Crippen molar-refractivity contribution < 1.29 is 9.53 Å². The number of hydrogen-bond donors (Lipinski definition) is 1. The highest BCUT2D eigenvalue weighted by Gasteiger charge is 2.18. The Kier molecular flexibility index (Phi) is 5.81. The number of carbonyl (C=O) groups excluding carboxylic acids is 1. The molecule has 0 aliphatic carbocycles. The van der Waals surface area contributed by atoms with E-state index in [0.717, 1.165) is 16.7 Å². The lowest BCUT2D eigenvalue weighted by molar-refractivity contribution is -0.122. The molecule has 0 saturated carbocycles. The smallest absolute Gasteiger partial charge is 0.266 e. The van der Waals surface area contributed by atoms with Crippen molar-refractivity contribution in [2.45, 2.75) is 33.4 Å². The molecular formula is C21H22ClN3O2. The van der Waals surface area contributed by atoms with Gasteiger partial charge in [0.2, 0.25) is 0 Å². The summed E-state index contributed by atoms with van der Waals surface area (Å²) in [6.07, 6.45) is 1.02. The number of benzene rings is 2. The van der Waals surface area contributed by atoms with Crippen molar-refractivity contribution in [2.24, 2.45) is 0 Å². The van der Waals surface area contributed by atoms with E-state index in [9.17, 15) is 4.79 Å². The summed E-state index contributed by atoms with van der Waals surface area (Å²) in [6.45, 7) is 6.27. The predicted molar refractivity (Wildman–Crippen MR) is 107 cm³/mol. The van der Waals surface area contributed by atoms with Crippen LogP contribution in [0, 0.1) is 13.8 Å². The molecule has 2 aromatic carbocycles. The highest BCUT2D eigenvalue weighted by Crippen LogP contribution is 2.22. The van der Waals surface area contributed by atoms with Crippen LogP contribution in [0.2, 0.25) is 5.02 Å². The second-order valence-electron chi connectivity index (χ2n) is 6.45. The van der Waals surface area contributed by atoms with Crippen LogP contribution in [0.4, 0.5) is 5.82 Å². The fourth-order valence-corrected chi connectivity index (χ4v) is 2.78. The van der Waals surface area contributed by atoms with Crippen LogP contribution in [0.1, 0.15) is 23.6 Å². The molecule has 1 aromatic heterocycles. The van der Waals surface area contributed by atoms with Gasteiger partial charge < -0.3 is 10.1 Å². The van der Waals surface area contributed by atoms with Gasteiger partial charge in [0.15, 0.2) is 6.10 Å². The van der Waals surface area contributed by atoms with E-state index in [4.69, 9.17) is 16.3 Å². The lowest BCUT2D eigenvalue weighted by Gasteiger charge is -2.17. The topological polar surface area (TPSA) is 56.1 Å². The van der Waals surface area contributed by atoms with Crippen molar-refractivity contribution in [3.05, 3.63) is 76.4 Å². The van der Waals surface area contributed by atoms with Gasteiger partial charge in [-0.15, -0.1) is 0 Å². The maximum absolute atomic E-state index is 12.6. The van der Waals surface area contributed by atoms with E-state index >= 15 is 0 Å². The van der Waals surface area contributed by atoms with Gasteiger partial charge >= 0.3 is 0 Å². The second-order valence-corrected chi connectivity index (χ2v) is 6.88. The predicted octanol–water partition coefficient (Wildman–Crippen LogP) is 4.61. The molecule has 1 unspecified atom stereocenters. The van der Waals surface area contributed by atoms with Gasteiger partial charge in [-0.1, -0.05) is 35.9 Å². The number of rotatable bonds is 6. The number of aryl methyl sites for hydroxylation is 1. The van der Waals surface area contributed by atoms with Gasteiger partial charge in [-0.3, -0.25) is 4.79 Å². The van der Waals surface area contributed by atoms with Crippen LogP contribution in [0.3, 0.4) is 0 Å². The SMILES string of the molecule is Cc1cccc(OC(C)C(=O)Nc2ccnn2Cc2ccc(Cl)cc2)c1C. The highest BCUT2D eigenvalue weighted by atomic mass is 35.5. The minimum Gasteiger partial charge on any atom is -0.481 e. The number of halogens is 1. The summed E-state index contributed by atoms with van der Waals surface area (Å²) in [4.78, 5) is 12.6. The van der Waals surface area contributed by atoms with E-state index in [1.807, 2.05) is 56.3 Å². The molecule has 1 amide bonds.